The molecule has 0 fully saturated rings. The number of fused-ring (bicyclic) bond motifs is 1. The quantitative estimate of drug-likeness (QED) is 0.760. The topological polar surface area (TPSA) is 60.1 Å². The van der Waals surface area contributed by atoms with Gasteiger partial charge >= 0.3 is 0 Å². The average molecular weight is 273 g/mol. The number of benzene rings is 1. The first-order chi connectivity index (χ1) is 9.61. The highest BCUT2D eigenvalue weighted by atomic mass is 16.1. The number of primary amides is 1. The fraction of sp³-hybridized carbons (Fsp3) is 0.438. The third-order valence-electron chi connectivity index (χ3n) is 3.55. The van der Waals surface area contributed by atoms with Crippen LogP contribution < -0.4 is 11.1 Å². The second-order valence-corrected chi connectivity index (χ2v) is 5.34. The second kappa shape index (κ2) is 6.57. The van der Waals surface area contributed by atoms with Crippen LogP contribution in [0.15, 0.2) is 30.5 Å². The van der Waals surface area contributed by atoms with Gasteiger partial charge in [0.05, 0.1) is 5.92 Å². The van der Waals surface area contributed by atoms with E-state index in [1.54, 1.807) is 0 Å². The Balaban J connectivity index is 2.14. The van der Waals surface area contributed by atoms with Gasteiger partial charge in [0.2, 0.25) is 5.91 Å². The van der Waals surface area contributed by atoms with Crippen LogP contribution in [0.4, 0.5) is 0 Å². The lowest BCUT2D eigenvalue weighted by Gasteiger charge is -2.10. The molecule has 2 aromatic rings. The lowest BCUT2D eigenvalue weighted by Crippen LogP contribution is -2.24. The summed E-state index contributed by atoms with van der Waals surface area (Å²) in [5.74, 6) is -0.413. The highest BCUT2D eigenvalue weighted by Gasteiger charge is 2.11. The predicted molar refractivity (Wildman–Crippen MR) is 82.3 cm³/mol. The van der Waals surface area contributed by atoms with E-state index in [9.17, 15) is 4.79 Å². The maximum Gasteiger partial charge on any atom is 0.222 e. The fourth-order valence-corrected chi connectivity index (χ4v) is 2.31. The molecule has 1 heterocycles. The summed E-state index contributed by atoms with van der Waals surface area (Å²) in [6.45, 7) is 6.58. The molecule has 1 aromatic heterocycles. The van der Waals surface area contributed by atoms with Crippen LogP contribution in [0.5, 0.6) is 0 Å². The van der Waals surface area contributed by atoms with Crippen molar-refractivity contribution in [2.24, 2.45) is 11.7 Å². The average Bonchev–Trinajstić information content (AvgIpc) is 2.81. The maximum absolute atomic E-state index is 11.2. The molecule has 0 saturated carbocycles. The zero-order chi connectivity index (χ0) is 14.5. The van der Waals surface area contributed by atoms with Crippen molar-refractivity contribution in [2.45, 2.75) is 33.4 Å². The number of carbonyl (C=O) groups is 1. The van der Waals surface area contributed by atoms with Crippen LogP contribution in [0.3, 0.4) is 0 Å². The Labute approximate surface area is 120 Å². The predicted octanol–water partition coefficient (Wildman–Crippen LogP) is 2.26. The Morgan fingerprint density at radius 1 is 1.40 bits per heavy atom. The van der Waals surface area contributed by atoms with Crippen molar-refractivity contribution in [3.05, 3.63) is 36.0 Å². The molecule has 1 amide bonds. The lowest BCUT2D eigenvalue weighted by molar-refractivity contribution is -0.121. The summed E-state index contributed by atoms with van der Waals surface area (Å²) in [5, 5.41) is 4.61. The standard InChI is InChI=1S/C16H23N3O/c1-3-7-18-10-13-4-5-15-14(9-13)6-8-19(15)11-12(2)16(17)20/h4-6,8-9,12,18H,3,7,10-11H2,1-2H3,(H2,17,20). The Hall–Kier alpha value is -1.81. The van der Waals surface area contributed by atoms with Crippen molar-refractivity contribution >= 4 is 16.8 Å². The van der Waals surface area contributed by atoms with Crippen molar-refractivity contribution in [1.29, 1.82) is 0 Å². The molecule has 0 aliphatic carbocycles. The molecule has 0 saturated heterocycles. The van der Waals surface area contributed by atoms with Crippen molar-refractivity contribution in [2.75, 3.05) is 6.54 Å². The van der Waals surface area contributed by atoms with E-state index in [0.717, 1.165) is 25.0 Å². The first-order valence-corrected chi connectivity index (χ1v) is 7.19. The second-order valence-electron chi connectivity index (χ2n) is 5.34. The van der Waals surface area contributed by atoms with Gasteiger partial charge in [0, 0.05) is 24.8 Å². The third kappa shape index (κ3) is 3.39. The van der Waals surface area contributed by atoms with Gasteiger partial charge in [-0.25, -0.2) is 0 Å². The molecule has 0 radical (unpaired) electrons. The minimum Gasteiger partial charge on any atom is -0.369 e. The first-order valence-electron chi connectivity index (χ1n) is 7.19. The molecule has 20 heavy (non-hydrogen) atoms. The van der Waals surface area contributed by atoms with Gasteiger partial charge < -0.3 is 15.6 Å². The zero-order valence-electron chi connectivity index (χ0n) is 12.2. The summed E-state index contributed by atoms with van der Waals surface area (Å²) in [6, 6.07) is 8.54. The molecule has 3 N–H and O–H groups in total. The van der Waals surface area contributed by atoms with Crippen LogP contribution in [0, 0.1) is 5.92 Å². The highest BCUT2D eigenvalue weighted by Crippen LogP contribution is 2.19. The Kier molecular flexibility index (Phi) is 4.79. The van der Waals surface area contributed by atoms with Gasteiger partial charge in [-0.05, 0) is 42.1 Å². The van der Waals surface area contributed by atoms with E-state index < -0.39 is 0 Å². The number of rotatable bonds is 7. The summed E-state index contributed by atoms with van der Waals surface area (Å²) < 4.78 is 2.09. The van der Waals surface area contributed by atoms with Crippen molar-refractivity contribution in [1.82, 2.24) is 9.88 Å². The lowest BCUT2D eigenvalue weighted by atomic mass is 10.1. The molecular formula is C16H23N3O. The number of nitrogens with one attached hydrogen (secondary N) is 1. The molecule has 0 bridgehead atoms. The van der Waals surface area contributed by atoms with Crippen LogP contribution in [-0.2, 0) is 17.9 Å². The highest BCUT2D eigenvalue weighted by molar-refractivity contribution is 5.81. The molecule has 1 aromatic carbocycles. The molecular weight excluding hydrogens is 250 g/mol. The minimum atomic E-state index is -0.257. The summed E-state index contributed by atoms with van der Waals surface area (Å²) in [7, 11) is 0. The first kappa shape index (κ1) is 14.6. The fourth-order valence-electron chi connectivity index (χ4n) is 2.31. The summed E-state index contributed by atoms with van der Waals surface area (Å²) in [4.78, 5) is 11.2. The van der Waals surface area contributed by atoms with Crippen LogP contribution in [0.1, 0.15) is 25.8 Å². The van der Waals surface area contributed by atoms with E-state index in [1.165, 1.54) is 10.9 Å². The van der Waals surface area contributed by atoms with Crippen molar-refractivity contribution in [3.8, 4) is 0 Å². The van der Waals surface area contributed by atoms with E-state index in [0.29, 0.717) is 6.54 Å². The number of aromatic nitrogens is 1. The number of amides is 1. The molecule has 0 spiro atoms. The monoisotopic (exact) mass is 273 g/mol. The minimum absolute atomic E-state index is 0.156. The molecule has 2 rings (SSSR count). The molecule has 0 aliphatic heterocycles. The molecule has 4 nitrogen and oxygen atoms in total. The maximum atomic E-state index is 11.2. The van der Waals surface area contributed by atoms with E-state index in [4.69, 9.17) is 5.73 Å². The van der Waals surface area contributed by atoms with Gasteiger partial charge in [0.1, 0.15) is 0 Å². The van der Waals surface area contributed by atoms with Gasteiger partial charge in [0.25, 0.3) is 0 Å². The molecule has 1 unspecified atom stereocenters. The summed E-state index contributed by atoms with van der Waals surface area (Å²) in [5.41, 5.74) is 7.76. The van der Waals surface area contributed by atoms with Gasteiger partial charge in [-0.3, -0.25) is 4.79 Å². The van der Waals surface area contributed by atoms with Crippen LogP contribution in [-0.4, -0.2) is 17.0 Å². The smallest absolute Gasteiger partial charge is 0.222 e. The van der Waals surface area contributed by atoms with Gasteiger partial charge in [-0.1, -0.05) is 19.9 Å². The Morgan fingerprint density at radius 3 is 2.90 bits per heavy atom. The number of nitrogens with two attached hydrogens (primary N) is 1. The summed E-state index contributed by atoms with van der Waals surface area (Å²) in [6.07, 6.45) is 3.16. The molecule has 108 valence electrons. The third-order valence-corrected chi connectivity index (χ3v) is 3.55. The van der Waals surface area contributed by atoms with Gasteiger partial charge in [0.15, 0.2) is 0 Å². The normalized spacial score (nSPS) is 12.7. The SMILES string of the molecule is CCCNCc1ccc2c(ccn2CC(C)C(N)=O)c1. The molecule has 1 atom stereocenters. The van der Waals surface area contributed by atoms with E-state index in [-0.39, 0.29) is 11.8 Å². The summed E-state index contributed by atoms with van der Waals surface area (Å²) >= 11 is 0. The van der Waals surface area contributed by atoms with Crippen LogP contribution in [0.25, 0.3) is 10.9 Å². The molecule has 4 heteroatoms. The van der Waals surface area contributed by atoms with E-state index >= 15 is 0 Å². The number of carbonyl (C=O) groups excluding carboxylic acids is 1. The van der Waals surface area contributed by atoms with Crippen LogP contribution in [0.2, 0.25) is 0 Å². The molecule has 0 aliphatic rings. The van der Waals surface area contributed by atoms with Crippen LogP contribution >= 0.6 is 0 Å². The number of hydrogen-bond acceptors (Lipinski definition) is 2. The Morgan fingerprint density at radius 2 is 2.20 bits per heavy atom. The van der Waals surface area contributed by atoms with Crippen molar-refractivity contribution < 1.29 is 4.79 Å². The number of hydrogen-bond donors (Lipinski definition) is 2. The van der Waals surface area contributed by atoms with Crippen molar-refractivity contribution in [3.63, 3.8) is 0 Å². The van der Waals surface area contributed by atoms with Gasteiger partial charge in [-0.2, -0.15) is 0 Å². The van der Waals surface area contributed by atoms with Gasteiger partial charge in [-0.15, -0.1) is 0 Å². The van der Waals surface area contributed by atoms with E-state index in [1.807, 2.05) is 13.1 Å². The van der Waals surface area contributed by atoms with E-state index in [2.05, 4.69) is 41.1 Å². The number of nitrogens with zero attached hydrogens (tertiary/aromatic N) is 1. The zero-order valence-corrected chi connectivity index (χ0v) is 12.2. The largest absolute Gasteiger partial charge is 0.369 e. The Bertz CT molecular complexity index is 588.